The molecule has 31 heavy (non-hydrogen) atoms. The fourth-order valence-electron chi connectivity index (χ4n) is 4.04. The summed E-state index contributed by atoms with van der Waals surface area (Å²) in [6.07, 6.45) is 5.93. The zero-order chi connectivity index (χ0) is 20.8. The van der Waals surface area contributed by atoms with Crippen LogP contribution >= 0.6 is 12.4 Å². The highest BCUT2D eigenvalue weighted by Gasteiger charge is 2.11. The van der Waals surface area contributed by atoms with Crippen LogP contribution < -0.4 is 10.2 Å². The first-order valence-electron chi connectivity index (χ1n) is 10.7. The third-order valence-electron chi connectivity index (χ3n) is 5.72. The van der Waals surface area contributed by atoms with E-state index in [2.05, 4.69) is 46.6 Å². The molecule has 3 aromatic rings. The molecule has 4 nitrogen and oxygen atoms in total. The van der Waals surface area contributed by atoms with Crippen LogP contribution in [0.15, 0.2) is 72.8 Å². The number of piperidine rings is 1. The number of carbonyl (C=O) groups is 1. The van der Waals surface area contributed by atoms with E-state index < -0.39 is 5.97 Å². The van der Waals surface area contributed by atoms with Crippen molar-refractivity contribution in [3.63, 3.8) is 0 Å². The van der Waals surface area contributed by atoms with Crippen molar-refractivity contribution >= 4 is 35.4 Å². The molecule has 1 heterocycles. The Kier molecular flexibility index (Phi) is 7.96. The van der Waals surface area contributed by atoms with E-state index in [0.717, 1.165) is 18.5 Å². The van der Waals surface area contributed by atoms with Gasteiger partial charge in [-0.25, -0.2) is 4.79 Å². The third-order valence-corrected chi connectivity index (χ3v) is 5.72. The second-order valence-electron chi connectivity index (χ2n) is 7.89. The van der Waals surface area contributed by atoms with Gasteiger partial charge in [-0.15, -0.1) is 12.4 Å². The van der Waals surface area contributed by atoms with Crippen molar-refractivity contribution in [2.45, 2.75) is 32.1 Å². The third kappa shape index (κ3) is 6.02. The molecule has 0 bridgehead atoms. The summed E-state index contributed by atoms with van der Waals surface area (Å²) in [5, 5.41) is 12.5. The number of rotatable bonds is 7. The lowest BCUT2D eigenvalue weighted by atomic mass is 10.0. The van der Waals surface area contributed by atoms with Crippen molar-refractivity contribution in [3.8, 4) is 0 Å². The fourth-order valence-corrected chi connectivity index (χ4v) is 4.04. The predicted molar refractivity (Wildman–Crippen MR) is 130 cm³/mol. The molecule has 5 heteroatoms. The van der Waals surface area contributed by atoms with Crippen LogP contribution in [0.1, 0.15) is 40.7 Å². The van der Waals surface area contributed by atoms with Crippen LogP contribution in [-0.2, 0) is 12.8 Å². The number of anilines is 3. The summed E-state index contributed by atoms with van der Waals surface area (Å²) in [5.74, 6) is -0.929. The Morgan fingerprint density at radius 2 is 1.55 bits per heavy atom. The minimum absolute atomic E-state index is 0. The van der Waals surface area contributed by atoms with Crippen LogP contribution in [0.2, 0.25) is 0 Å². The number of aryl methyl sites for hydroxylation is 2. The molecule has 0 unspecified atom stereocenters. The van der Waals surface area contributed by atoms with Gasteiger partial charge in [-0.1, -0.05) is 36.4 Å². The normalized spacial score (nSPS) is 13.4. The van der Waals surface area contributed by atoms with Crippen LogP contribution in [0.3, 0.4) is 0 Å². The molecule has 2 N–H and O–H groups in total. The molecule has 0 atom stereocenters. The summed E-state index contributed by atoms with van der Waals surface area (Å²) in [6, 6.07) is 24.2. The Bertz CT molecular complexity index is 998. The number of nitrogens with one attached hydrogen (secondary N) is 1. The van der Waals surface area contributed by atoms with E-state index in [4.69, 9.17) is 0 Å². The lowest BCUT2D eigenvalue weighted by Crippen LogP contribution is -2.29. The first-order chi connectivity index (χ1) is 14.7. The second-order valence-corrected chi connectivity index (χ2v) is 7.89. The van der Waals surface area contributed by atoms with Gasteiger partial charge in [0, 0.05) is 24.5 Å². The van der Waals surface area contributed by atoms with E-state index >= 15 is 0 Å². The summed E-state index contributed by atoms with van der Waals surface area (Å²) in [6.45, 7) is 2.34. The highest BCUT2D eigenvalue weighted by atomic mass is 35.5. The van der Waals surface area contributed by atoms with Crippen LogP contribution in [0.5, 0.6) is 0 Å². The molecule has 1 saturated heterocycles. The molecule has 0 spiro atoms. The van der Waals surface area contributed by atoms with Gasteiger partial charge >= 0.3 is 5.97 Å². The molecule has 1 aliphatic heterocycles. The van der Waals surface area contributed by atoms with Crippen LogP contribution in [0.25, 0.3) is 0 Å². The van der Waals surface area contributed by atoms with Crippen molar-refractivity contribution in [2.24, 2.45) is 0 Å². The maximum Gasteiger partial charge on any atom is 0.337 e. The van der Waals surface area contributed by atoms with Crippen molar-refractivity contribution in [3.05, 3.63) is 89.5 Å². The number of hydrogen-bond acceptors (Lipinski definition) is 3. The van der Waals surface area contributed by atoms with Crippen LogP contribution in [-0.4, -0.2) is 24.2 Å². The molecule has 0 aromatic heterocycles. The molecule has 1 aliphatic rings. The Labute approximate surface area is 190 Å². The first-order valence-corrected chi connectivity index (χ1v) is 10.7. The van der Waals surface area contributed by atoms with E-state index in [9.17, 15) is 9.90 Å². The quantitative estimate of drug-likeness (QED) is 0.454. The van der Waals surface area contributed by atoms with Gasteiger partial charge in [0.2, 0.25) is 0 Å². The number of para-hydroxylation sites is 1. The van der Waals surface area contributed by atoms with E-state index in [1.165, 1.54) is 49.2 Å². The standard InChI is InChI=1S/C26H28N2O2.ClH/c29-26(30)24-9-2-3-10-25(24)27-22-15-13-20(14-16-22)11-12-21-7-6-8-23(19-21)28-17-4-1-5-18-28;/h2-3,6-10,13-16,19,27H,1,4-5,11-12,17-18H2,(H,29,30);1H. The zero-order valence-electron chi connectivity index (χ0n) is 17.6. The summed E-state index contributed by atoms with van der Waals surface area (Å²) < 4.78 is 0. The van der Waals surface area contributed by atoms with E-state index in [0.29, 0.717) is 5.69 Å². The summed E-state index contributed by atoms with van der Waals surface area (Å²) in [5.41, 5.74) is 5.76. The number of aromatic carboxylic acids is 1. The largest absolute Gasteiger partial charge is 0.478 e. The lowest BCUT2D eigenvalue weighted by molar-refractivity contribution is 0.0698. The number of benzene rings is 3. The van der Waals surface area contributed by atoms with Gasteiger partial charge in [0.25, 0.3) is 0 Å². The van der Waals surface area contributed by atoms with Crippen molar-refractivity contribution < 1.29 is 9.90 Å². The molecule has 0 amide bonds. The molecule has 1 fully saturated rings. The van der Waals surface area contributed by atoms with Gasteiger partial charge in [0.15, 0.2) is 0 Å². The number of halogens is 1. The van der Waals surface area contributed by atoms with Crippen molar-refractivity contribution in [1.29, 1.82) is 0 Å². The van der Waals surface area contributed by atoms with Crippen molar-refractivity contribution in [2.75, 3.05) is 23.3 Å². The molecule has 3 aromatic carbocycles. The smallest absolute Gasteiger partial charge is 0.337 e. The molecule has 0 radical (unpaired) electrons. The Hall–Kier alpha value is -2.98. The fraction of sp³-hybridized carbons (Fsp3) is 0.269. The van der Waals surface area contributed by atoms with Crippen LogP contribution in [0.4, 0.5) is 17.1 Å². The molecular formula is C26H29ClN2O2. The average Bonchev–Trinajstić information content (AvgIpc) is 2.80. The maximum absolute atomic E-state index is 11.4. The number of nitrogens with zero attached hydrogens (tertiary/aromatic N) is 1. The lowest BCUT2D eigenvalue weighted by Gasteiger charge is -2.29. The Balaban J connectivity index is 0.00000272. The highest BCUT2D eigenvalue weighted by Crippen LogP contribution is 2.23. The predicted octanol–water partition coefficient (Wildman–Crippen LogP) is 6.33. The number of carboxylic acids is 1. The van der Waals surface area contributed by atoms with Gasteiger partial charge in [-0.2, -0.15) is 0 Å². The molecular weight excluding hydrogens is 408 g/mol. The van der Waals surface area contributed by atoms with Gasteiger partial charge < -0.3 is 15.3 Å². The SMILES string of the molecule is Cl.O=C(O)c1ccccc1Nc1ccc(CCc2cccc(N3CCCCC3)c2)cc1. The average molecular weight is 437 g/mol. The molecule has 4 rings (SSSR count). The molecule has 0 saturated carbocycles. The Morgan fingerprint density at radius 1 is 0.839 bits per heavy atom. The monoisotopic (exact) mass is 436 g/mol. The zero-order valence-corrected chi connectivity index (χ0v) is 18.4. The summed E-state index contributed by atoms with van der Waals surface area (Å²) in [7, 11) is 0. The van der Waals surface area contributed by atoms with Gasteiger partial charge in [0.05, 0.1) is 11.3 Å². The molecule has 162 valence electrons. The van der Waals surface area contributed by atoms with E-state index in [1.807, 2.05) is 18.2 Å². The maximum atomic E-state index is 11.4. The van der Waals surface area contributed by atoms with Gasteiger partial charge in [0.1, 0.15) is 0 Å². The minimum Gasteiger partial charge on any atom is -0.478 e. The number of hydrogen-bond donors (Lipinski definition) is 2. The van der Waals surface area contributed by atoms with Crippen molar-refractivity contribution in [1.82, 2.24) is 0 Å². The summed E-state index contributed by atoms with van der Waals surface area (Å²) >= 11 is 0. The topological polar surface area (TPSA) is 52.6 Å². The number of carboxylic acid groups (broad SMARTS) is 1. The van der Waals surface area contributed by atoms with Gasteiger partial charge in [-0.3, -0.25) is 0 Å². The van der Waals surface area contributed by atoms with Crippen LogP contribution in [0, 0.1) is 0 Å². The highest BCUT2D eigenvalue weighted by molar-refractivity contribution is 5.95. The Morgan fingerprint density at radius 3 is 2.29 bits per heavy atom. The van der Waals surface area contributed by atoms with Gasteiger partial charge in [-0.05, 0) is 79.6 Å². The minimum atomic E-state index is -0.929. The van der Waals surface area contributed by atoms with E-state index in [1.54, 1.807) is 18.2 Å². The first kappa shape index (κ1) is 22.7. The molecule has 0 aliphatic carbocycles. The van der Waals surface area contributed by atoms with E-state index in [-0.39, 0.29) is 18.0 Å². The second kappa shape index (κ2) is 10.9. The summed E-state index contributed by atoms with van der Waals surface area (Å²) in [4.78, 5) is 13.9.